The van der Waals surface area contributed by atoms with E-state index in [-0.39, 0.29) is 10.6 Å². The van der Waals surface area contributed by atoms with Gasteiger partial charge in [0.1, 0.15) is 11.6 Å². The first-order chi connectivity index (χ1) is 10.6. The summed E-state index contributed by atoms with van der Waals surface area (Å²) in [5, 5.41) is 2.81. The molecule has 2 aromatic carbocycles. The van der Waals surface area contributed by atoms with Gasteiger partial charge >= 0.3 is 0 Å². The van der Waals surface area contributed by atoms with Crippen LogP contribution in [0.25, 0.3) is 0 Å². The second kappa shape index (κ2) is 6.36. The summed E-state index contributed by atoms with van der Waals surface area (Å²) in [5.41, 5.74) is 1.97. The summed E-state index contributed by atoms with van der Waals surface area (Å²) in [7, 11) is 0. The summed E-state index contributed by atoms with van der Waals surface area (Å²) in [6.45, 7) is 1.06. The average Bonchev–Trinajstić information content (AvgIpc) is 2.52. The van der Waals surface area contributed by atoms with E-state index in [1.807, 2.05) is 18.2 Å². The van der Waals surface area contributed by atoms with Crippen molar-refractivity contribution >= 4 is 17.5 Å². The monoisotopic (exact) mass is 319 g/mol. The molecule has 1 aliphatic rings. The van der Waals surface area contributed by atoms with Crippen LogP contribution >= 0.6 is 11.6 Å². The molecule has 0 aromatic heterocycles. The molecule has 0 aliphatic carbocycles. The number of aryl methyl sites for hydroxylation is 1. The van der Waals surface area contributed by atoms with Crippen LogP contribution in [0.4, 0.5) is 4.39 Å². The zero-order valence-corrected chi connectivity index (χ0v) is 12.6. The van der Waals surface area contributed by atoms with Gasteiger partial charge in [0.05, 0.1) is 17.2 Å². The summed E-state index contributed by atoms with van der Waals surface area (Å²) in [4.78, 5) is 12.1. The van der Waals surface area contributed by atoms with E-state index in [0.29, 0.717) is 6.54 Å². The average molecular weight is 320 g/mol. The molecule has 3 nitrogen and oxygen atoms in total. The van der Waals surface area contributed by atoms with Gasteiger partial charge in [-0.25, -0.2) is 4.39 Å². The van der Waals surface area contributed by atoms with Crippen molar-refractivity contribution in [3.63, 3.8) is 0 Å². The normalized spacial score (nSPS) is 13.2. The number of hydrogen-bond donors (Lipinski definition) is 1. The summed E-state index contributed by atoms with van der Waals surface area (Å²) in [6, 6.07) is 10.0. The van der Waals surface area contributed by atoms with Gasteiger partial charge in [0.25, 0.3) is 5.91 Å². The summed E-state index contributed by atoms with van der Waals surface area (Å²) in [6.07, 6.45) is 1.96. The highest BCUT2D eigenvalue weighted by Crippen LogP contribution is 2.25. The highest BCUT2D eigenvalue weighted by atomic mass is 35.5. The Hall–Kier alpha value is -2.07. The topological polar surface area (TPSA) is 38.3 Å². The number of ether oxygens (including phenoxy) is 1. The van der Waals surface area contributed by atoms with Crippen LogP contribution in [-0.4, -0.2) is 12.5 Å². The second-order valence-electron chi connectivity index (χ2n) is 5.17. The van der Waals surface area contributed by atoms with Gasteiger partial charge in [0, 0.05) is 6.54 Å². The number of amides is 1. The van der Waals surface area contributed by atoms with E-state index in [9.17, 15) is 9.18 Å². The van der Waals surface area contributed by atoms with E-state index in [4.69, 9.17) is 16.3 Å². The molecule has 0 saturated heterocycles. The molecule has 0 unspecified atom stereocenters. The molecule has 1 N–H and O–H groups in total. The van der Waals surface area contributed by atoms with Gasteiger partial charge in [-0.1, -0.05) is 29.8 Å². The first-order valence-corrected chi connectivity index (χ1v) is 7.50. The van der Waals surface area contributed by atoms with E-state index in [1.54, 1.807) is 0 Å². The predicted octanol–water partition coefficient (Wildman–Crippen LogP) is 3.73. The Kier molecular flexibility index (Phi) is 4.29. The molecule has 1 amide bonds. The van der Waals surface area contributed by atoms with Crippen molar-refractivity contribution in [2.45, 2.75) is 19.4 Å². The minimum atomic E-state index is -0.621. The Morgan fingerprint density at radius 3 is 3.00 bits per heavy atom. The molecular formula is C17H15ClFNO2. The van der Waals surface area contributed by atoms with Crippen LogP contribution in [0.1, 0.15) is 27.9 Å². The van der Waals surface area contributed by atoms with Gasteiger partial charge in [-0.3, -0.25) is 4.79 Å². The van der Waals surface area contributed by atoms with Gasteiger partial charge in [0.15, 0.2) is 0 Å². The Morgan fingerprint density at radius 1 is 1.32 bits per heavy atom. The highest BCUT2D eigenvalue weighted by molar-refractivity contribution is 6.33. The molecular weight excluding hydrogens is 305 g/mol. The summed E-state index contributed by atoms with van der Waals surface area (Å²) < 4.78 is 19.2. The number of nitrogens with one attached hydrogen (secondary N) is 1. The Morgan fingerprint density at radius 2 is 2.18 bits per heavy atom. The smallest absolute Gasteiger partial charge is 0.256 e. The third-order valence-electron chi connectivity index (χ3n) is 3.62. The third kappa shape index (κ3) is 3.07. The van der Waals surface area contributed by atoms with Gasteiger partial charge in [-0.2, -0.15) is 0 Å². The van der Waals surface area contributed by atoms with Crippen LogP contribution in [0.5, 0.6) is 5.75 Å². The zero-order chi connectivity index (χ0) is 15.5. The minimum Gasteiger partial charge on any atom is -0.493 e. The van der Waals surface area contributed by atoms with Crippen molar-refractivity contribution in [3.05, 3.63) is 63.9 Å². The van der Waals surface area contributed by atoms with Gasteiger partial charge < -0.3 is 10.1 Å². The fourth-order valence-corrected chi connectivity index (χ4v) is 2.76. The molecule has 0 spiro atoms. The quantitative estimate of drug-likeness (QED) is 0.936. The van der Waals surface area contributed by atoms with E-state index in [2.05, 4.69) is 5.32 Å². The lowest BCUT2D eigenvalue weighted by atomic mass is 10.0. The van der Waals surface area contributed by atoms with Crippen molar-refractivity contribution < 1.29 is 13.9 Å². The van der Waals surface area contributed by atoms with Crippen LogP contribution in [0, 0.1) is 5.82 Å². The summed E-state index contributed by atoms with van der Waals surface area (Å²) >= 11 is 5.88. The van der Waals surface area contributed by atoms with Crippen molar-refractivity contribution in [3.8, 4) is 5.75 Å². The standard InChI is InChI=1S/C17H15ClFNO2/c18-13-4-1-5-14(19)16(13)17(21)20-10-11-6-7-15-12(9-11)3-2-8-22-15/h1,4-7,9H,2-3,8,10H2,(H,20,21). The lowest BCUT2D eigenvalue weighted by Crippen LogP contribution is -2.24. The number of benzene rings is 2. The molecule has 2 aromatic rings. The molecule has 114 valence electrons. The highest BCUT2D eigenvalue weighted by Gasteiger charge is 2.16. The lowest BCUT2D eigenvalue weighted by Gasteiger charge is -2.18. The summed E-state index contributed by atoms with van der Waals surface area (Å²) in [5.74, 6) is -0.237. The molecule has 0 radical (unpaired) electrons. The fourth-order valence-electron chi connectivity index (χ4n) is 2.51. The molecule has 0 fully saturated rings. The number of hydrogen-bond acceptors (Lipinski definition) is 2. The zero-order valence-electron chi connectivity index (χ0n) is 11.9. The van der Waals surface area contributed by atoms with Crippen molar-refractivity contribution in [2.75, 3.05) is 6.61 Å². The fraction of sp³-hybridized carbons (Fsp3) is 0.235. The maximum absolute atomic E-state index is 13.7. The first kappa shape index (κ1) is 14.9. The Bertz CT molecular complexity index is 698. The maximum Gasteiger partial charge on any atom is 0.256 e. The van der Waals surface area contributed by atoms with Crippen LogP contribution in [0.15, 0.2) is 36.4 Å². The lowest BCUT2D eigenvalue weighted by molar-refractivity contribution is 0.0947. The first-order valence-electron chi connectivity index (χ1n) is 7.12. The predicted molar refractivity (Wildman–Crippen MR) is 82.8 cm³/mol. The van der Waals surface area contributed by atoms with E-state index in [1.165, 1.54) is 18.2 Å². The molecule has 0 saturated carbocycles. The number of carbonyl (C=O) groups is 1. The van der Waals surface area contributed by atoms with Crippen LogP contribution < -0.4 is 10.1 Å². The van der Waals surface area contributed by atoms with Gasteiger partial charge in [0.2, 0.25) is 0 Å². The Labute approximate surface area is 133 Å². The van der Waals surface area contributed by atoms with Gasteiger partial charge in [-0.05, 0) is 42.2 Å². The van der Waals surface area contributed by atoms with E-state index in [0.717, 1.165) is 36.3 Å². The van der Waals surface area contributed by atoms with Gasteiger partial charge in [-0.15, -0.1) is 0 Å². The third-order valence-corrected chi connectivity index (χ3v) is 3.93. The molecule has 0 bridgehead atoms. The molecule has 3 rings (SSSR count). The molecule has 1 heterocycles. The van der Waals surface area contributed by atoms with E-state index >= 15 is 0 Å². The van der Waals surface area contributed by atoms with Crippen LogP contribution in [-0.2, 0) is 13.0 Å². The van der Waals surface area contributed by atoms with Crippen LogP contribution in [0.3, 0.4) is 0 Å². The van der Waals surface area contributed by atoms with Crippen LogP contribution in [0.2, 0.25) is 5.02 Å². The van der Waals surface area contributed by atoms with Crippen molar-refractivity contribution in [1.29, 1.82) is 0 Å². The number of halogens is 2. The second-order valence-corrected chi connectivity index (χ2v) is 5.58. The Balaban J connectivity index is 1.71. The molecule has 5 heteroatoms. The molecule has 0 atom stereocenters. The number of rotatable bonds is 3. The van der Waals surface area contributed by atoms with E-state index < -0.39 is 11.7 Å². The SMILES string of the molecule is O=C(NCc1ccc2c(c1)CCCO2)c1c(F)cccc1Cl. The minimum absolute atomic E-state index is 0.108. The van der Waals surface area contributed by atoms with Crippen molar-refractivity contribution in [1.82, 2.24) is 5.32 Å². The largest absolute Gasteiger partial charge is 0.493 e. The number of carbonyl (C=O) groups excluding carboxylic acids is 1. The van der Waals surface area contributed by atoms with Crippen molar-refractivity contribution in [2.24, 2.45) is 0 Å². The molecule has 1 aliphatic heterocycles. The number of fused-ring (bicyclic) bond motifs is 1. The maximum atomic E-state index is 13.7. The molecule has 22 heavy (non-hydrogen) atoms.